The lowest BCUT2D eigenvalue weighted by molar-refractivity contribution is 0.628. The average Bonchev–Trinajstić information content (AvgIpc) is 2.52. The minimum atomic E-state index is -0.220. The fourth-order valence-corrected chi connectivity index (χ4v) is 3.77. The van der Waals surface area contributed by atoms with Gasteiger partial charge in [0.25, 0.3) is 0 Å². The second-order valence-electron chi connectivity index (χ2n) is 3.50. The van der Waals surface area contributed by atoms with E-state index in [1.54, 1.807) is 23.5 Å². The molecule has 0 aliphatic carbocycles. The van der Waals surface area contributed by atoms with Crippen LogP contribution in [0, 0.1) is 12.7 Å². The Morgan fingerprint density at radius 3 is 2.81 bits per heavy atom. The van der Waals surface area contributed by atoms with E-state index in [0.717, 1.165) is 25.4 Å². The van der Waals surface area contributed by atoms with E-state index in [-0.39, 0.29) is 5.82 Å². The molecule has 0 spiro atoms. The van der Waals surface area contributed by atoms with Gasteiger partial charge in [0, 0.05) is 17.0 Å². The lowest BCUT2D eigenvalue weighted by Crippen LogP contribution is -1.97. The van der Waals surface area contributed by atoms with Crippen molar-refractivity contribution < 1.29 is 4.39 Å². The van der Waals surface area contributed by atoms with Crippen molar-refractivity contribution in [2.75, 3.05) is 0 Å². The number of thiophene rings is 1. The molecule has 2 aromatic rings. The van der Waals surface area contributed by atoms with Crippen LogP contribution in [0.5, 0.6) is 0 Å². The van der Waals surface area contributed by atoms with E-state index < -0.39 is 0 Å². The topological polar surface area (TPSA) is 26.0 Å². The Hall–Kier alpha value is -0.710. The van der Waals surface area contributed by atoms with Crippen LogP contribution in [0.15, 0.2) is 28.1 Å². The molecule has 4 heteroatoms. The van der Waals surface area contributed by atoms with E-state index in [9.17, 15) is 4.39 Å². The molecule has 0 aliphatic heterocycles. The van der Waals surface area contributed by atoms with Gasteiger partial charge in [-0.3, -0.25) is 0 Å². The van der Waals surface area contributed by atoms with Crippen molar-refractivity contribution in [3.05, 3.63) is 44.3 Å². The predicted octanol–water partition coefficient (Wildman–Crippen LogP) is 4.08. The summed E-state index contributed by atoms with van der Waals surface area (Å²) in [6.07, 6.45) is 0. The third-order valence-corrected chi connectivity index (χ3v) is 4.35. The van der Waals surface area contributed by atoms with Gasteiger partial charge in [0.2, 0.25) is 0 Å². The normalized spacial score (nSPS) is 10.8. The lowest BCUT2D eigenvalue weighted by atomic mass is 10.0. The highest BCUT2D eigenvalue weighted by molar-refractivity contribution is 9.11. The van der Waals surface area contributed by atoms with E-state index in [0.29, 0.717) is 6.54 Å². The zero-order valence-corrected chi connectivity index (χ0v) is 11.2. The summed E-state index contributed by atoms with van der Waals surface area (Å²) in [4.78, 5) is 1.15. The summed E-state index contributed by atoms with van der Waals surface area (Å²) in [5.74, 6) is -0.220. The van der Waals surface area contributed by atoms with E-state index >= 15 is 0 Å². The van der Waals surface area contributed by atoms with Gasteiger partial charge in [-0.05, 0) is 46.1 Å². The summed E-state index contributed by atoms with van der Waals surface area (Å²) in [5, 5.41) is 0. The third kappa shape index (κ3) is 2.05. The monoisotopic (exact) mass is 299 g/mol. The van der Waals surface area contributed by atoms with E-state index in [1.165, 1.54) is 6.07 Å². The van der Waals surface area contributed by atoms with Crippen LogP contribution in [-0.4, -0.2) is 0 Å². The van der Waals surface area contributed by atoms with Gasteiger partial charge >= 0.3 is 0 Å². The van der Waals surface area contributed by atoms with Gasteiger partial charge in [0.15, 0.2) is 0 Å². The summed E-state index contributed by atoms with van der Waals surface area (Å²) < 4.78 is 14.2. The van der Waals surface area contributed by atoms with E-state index in [4.69, 9.17) is 5.73 Å². The van der Waals surface area contributed by atoms with Gasteiger partial charge in [0.05, 0.1) is 3.79 Å². The summed E-state index contributed by atoms with van der Waals surface area (Å²) >= 11 is 5.12. The molecule has 2 rings (SSSR count). The molecule has 0 radical (unpaired) electrons. The molecule has 1 heterocycles. The molecule has 16 heavy (non-hydrogen) atoms. The molecule has 1 nitrogen and oxygen atoms in total. The van der Waals surface area contributed by atoms with E-state index in [2.05, 4.69) is 15.9 Å². The average molecular weight is 300 g/mol. The Morgan fingerprint density at radius 2 is 2.19 bits per heavy atom. The Morgan fingerprint density at radius 1 is 1.44 bits per heavy atom. The number of halogens is 2. The number of benzene rings is 1. The summed E-state index contributed by atoms with van der Waals surface area (Å²) in [7, 11) is 0. The third-order valence-electron chi connectivity index (χ3n) is 2.45. The molecule has 0 amide bonds. The largest absolute Gasteiger partial charge is 0.326 e. The number of rotatable bonds is 2. The Labute approximate surface area is 106 Å². The van der Waals surface area contributed by atoms with Crippen LogP contribution < -0.4 is 5.73 Å². The van der Waals surface area contributed by atoms with Gasteiger partial charge in [-0.1, -0.05) is 12.1 Å². The smallest absolute Gasteiger partial charge is 0.123 e. The summed E-state index contributed by atoms with van der Waals surface area (Å²) in [6, 6.07) is 6.61. The van der Waals surface area contributed by atoms with Crippen molar-refractivity contribution in [1.29, 1.82) is 0 Å². The quantitative estimate of drug-likeness (QED) is 0.888. The van der Waals surface area contributed by atoms with Gasteiger partial charge in [-0.25, -0.2) is 4.39 Å². The first-order valence-electron chi connectivity index (χ1n) is 4.87. The van der Waals surface area contributed by atoms with Crippen LogP contribution in [0.25, 0.3) is 11.1 Å². The minimum Gasteiger partial charge on any atom is -0.326 e. The minimum absolute atomic E-state index is 0.220. The van der Waals surface area contributed by atoms with Crippen molar-refractivity contribution >= 4 is 27.3 Å². The molecular formula is C12H11BrFNS. The first-order valence-corrected chi connectivity index (χ1v) is 6.48. The number of nitrogens with two attached hydrogens (primary N) is 1. The molecule has 0 unspecified atom stereocenters. The fraction of sp³-hybridized carbons (Fsp3) is 0.167. The SMILES string of the molecule is Cc1sc(Br)c(CN)c1-c1cccc(F)c1. The standard InChI is InChI=1S/C12H11BrFNS/c1-7-11(10(6-15)12(13)16-7)8-3-2-4-9(14)5-8/h2-5H,6,15H2,1H3. The molecule has 0 aliphatic rings. The number of hydrogen-bond acceptors (Lipinski definition) is 2. The molecule has 1 aromatic heterocycles. The van der Waals surface area contributed by atoms with Crippen molar-refractivity contribution in [3.63, 3.8) is 0 Å². The highest BCUT2D eigenvalue weighted by Crippen LogP contribution is 2.39. The van der Waals surface area contributed by atoms with Gasteiger partial charge < -0.3 is 5.73 Å². The summed E-state index contributed by atoms with van der Waals surface area (Å²) in [6.45, 7) is 2.48. The molecule has 1 aromatic carbocycles. The maximum atomic E-state index is 13.2. The van der Waals surface area contributed by atoms with E-state index in [1.807, 2.05) is 13.0 Å². The van der Waals surface area contributed by atoms with Gasteiger partial charge in [-0.15, -0.1) is 11.3 Å². The Balaban J connectivity index is 2.63. The van der Waals surface area contributed by atoms with Crippen molar-refractivity contribution in [3.8, 4) is 11.1 Å². The van der Waals surface area contributed by atoms with Crippen LogP contribution in [0.2, 0.25) is 0 Å². The van der Waals surface area contributed by atoms with Crippen LogP contribution in [0.3, 0.4) is 0 Å². The predicted molar refractivity (Wildman–Crippen MR) is 70.0 cm³/mol. The molecule has 0 bridgehead atoms. The molecule has 84 valence electrons. The van der Waals surface area contributed by atoms with Crippen LogP contribution >= 0.6 is 27.3 Å². The molecule has 0 saturated carbocycles. The van der Waals surface area contributed by atoms with Crippen molar-refractivity contribution in [2.45, 2.75) is 13.5 Å². The Kier molecular flexibility index (Phi) is 3.42. The maximum absolute atomic E-state index is 13.2. The lowest BCUT2D eigenvalue weighted by Gasteiger charge is -2.04. The zero-order valence-electron chi connectivity index (χ0n) is 8.76. The van der Waals surface area contributed by atoms with Crippen LogP contribution in [0.1, 0.15) is 10.4 Å². The van der Waals surface area contributed by atoms with Crippen molar-refractivity contribution in [1.82, 2.24) is 0 Å². The maximum Gasteiger partial charge on any atom is 0.123 e. The number of hydrogen-bond donors (Lipinski definition) is 1. The molecular weight excluding hydrogens is 289 g/mol. The molecule has 0 atom stereocenters. The second kappa shape index (κ2) is 4.65. The molecule has 0 saturated heterocycles. The highest BCUT2D eigenvalue weighted by atomic mass is 79.9. The first kappa shape index (κ1) is 11.8. The molecule has 0 fully saturated rings. The molecule has 2 N–H and O–H groups in total. The van der Waals surface area contributed by atoms with Gasteiger partial charge in [0.1, 0.15) is 5.82 Å². The number of aryl methyl sites for hydroxylation is 1. The Bertz CT molecular complexity index is 522. The second-order valence-corrected chi connectivity index (χ2v) is 6.04. The highest BCUT2D eigenvalue weighted by Gasteiger charge is 2.14. The summed E-state index contributed by atoms with van der Waals surface area (Å²) in [5.41, 5.74) is 8.72. The fourth-order valence-electron chi connectivity index (χ4n) is 1.76. The zero-order chi connectivity index (χ0) is 11.7. The first-order chi connectivity index (χ1) is 7.63. The van der Waals surface area contributed by atoms with Crippen LogP contribution in [-0.2, 0) is 6.54 Å². The van der Waals surface area contributed by atoms with Crippen LogP contribution in [0.4, 0.5) is 4.39 Å². The van der Waals surface area contributed by atoms with Gasteiger partial charge in [-0.2, -0.15) is 0 Å². The van der Waals surface area contributed by atoms with Crippen molar-refractivity contribution in [2.24, 2.45) is 5.73 Å².